The van der Waals surface area contributed by atoms with E-state index >= 15 is 0 Å². The smallest absolute Gasteiger partial charge is 0.320 e. The molecule has 0 radical (unpaired) electrons. The number of H-pyrrole nitrogens is 1. The third kappa shape index (κ3) is 3.23. The molecule has 1 aromatic carbocycles. The van der Waals surface area contributed by atoms with E-state index in [0.717, 1.165) is 50.5 Å². The Morgan fingerprint density at radius 2 is 1.75 bits per heavy atom. The Labute approximate surface area is 164 Å². The fourth-order valence-corrected chi connectivity index (χ4v) is 4.64. The monoisotopic (exact) mass is 383 g/mol. The number of anilines is 1. The van der Waals surface area contributed by atoms with E-state index in [4.69, 9.17) is 0 Å². The van der Waals surface area contributed by atoms with Crippen LogP contribution in [0.5, 0.6) is 0 Å². The minimum Gasteiger partial charge on any atom is -0.369 e. The lowest BCUT2D eigenvalue weighted by Gasteiger charge is -2.41. The van der Waals surface area contributed by atoms with Gasteiger partial charge in [0.25, 0.3) is 0 Å². The van der Waals surface area contributed by atoms with E-state index in [1.165, 1.54) is 5.56 Å². The Bertz CT molecular complexity index is 818. The van der Waals surface area contributed by atoms with Crippen molar-refractivity contribution < 1.29 is 9.18 Å². The molecule has 0 spiro atoms. The van der Waals surface area contributed by atoms with Crippen LogP contribution in [-0.2, 0) is 0 Å². The summed E-state index contributed by atoms with van der Waals surface area (Å²) in [5.41, 5.74) is 3.48. The maximum atomic E-state index is 13.4. The van der Waals surface area contributed by atoms with Gasteiger partial charge in [-0.3, -0.25) is 5.10 Å². The van der Waals surface area contributed by atoms with Crippen molar-refractivity contribution in [3.05, 3.63) is 47.8 Å². The van der Waals surface area contributed by atoms with Gasteiger partial charge in [0.2, 0.25) is 0 Å². The molecule has 0 aliphatic carbocycles. The topological polar surface area (TPSA) is 55.5 Å². The lowest BCUT2D eigenvalue weighted by Crippen LogP contribution is -2.53. The number of carbonyl (C=O) groups excluding carboxylic acids is 1. The van der Waals surface area contributed by atoms with Crippen molar-refractivity contribution in [2.45, 2.75) is 30.8 Å². The Morgan fingerprint density at radius 3 is 2.43 bits per heavy atom. The van der Waals surface area contributed by atoms with Crippen molar-refractivity contribution in [3.63, 3.8) is 0 Å². The predicted molar refractivity (Wildman–Crippen MR) is 105 cm³/mol. The minimum absolute atomic E-state index is 0.154. The quantitative estimate of drug-likeness (QED) is 0.887. The molecule has 0 saturated carbocycles. The lowest BCUT2D eigenvalue weighted by molar-refractivity contribution is 0.121. The highest BCUT2D eigenvalue weighted by molar-refractivity contribution is 5.76. The number of likely N-dealkylation sites (tertiary alicyclic amines) is 2. The zero-order valence-electron chi connectivity index (χ0n) is 15.9. The summed E-state index contributed by atoms with van der Waals surface area (Å²) in [6.45, 7) is 4.42. The zero-order chi connectivity index (χ0) is 19.1. The van der Waals surface area contributed by atoms with E-state index in [-0.39, 0.29) is 6.03 Å². The first-order valence-electron chi connectivity index (χ1n) is 10.2. The van der Waals surface area contributed by atoms with Crippen molar-refractivity contribution in [1.29, 1.82) is 0 Å². The first-order valence-corrected chi connectivity index (χ1v) is 10.2. The second-order valence-corrected chi connectivity index (χ2v) is 8.25. The van der Waals surface area contributed by atoms with Gasteiger partial charge in [-0.1, -0.05) is 12.1 Å². The van der Waals surface area contributed by atoms with Gasteiger partial charge in [-0.25, -0.2) is 9.18 Å². The summed E-state index contributed by atoms with van der Waals surface area (Å²) in [6.07, 6.45) is 2.68. The van der Waals surface area contributed by atoms with Crippen LogP contribution in [0.15, 0.2) is 36.5 Å². The molecule has 2 amide bonds. The second-order valence-electron chi connectivity index (χ2n) is 8.25. The highest BCUT2D eigenvalue weighted by Crippen LogP contribution is 2.32. The molecule has 2 atom stereocenters. The first kappa shape index (κ1) is 17.5. The summed E-state index contributed by atoms with van der Waals surface area (Å²) >= 11 is 0. The molecule has 1 unspecified atom stereocenters. The van der Waals surface area contributed by atoms with Gasteiger partial charge in [0.15, 0.2) is 0 Å². The number of aromatic amines is 1. The van der Waals surface area contributed by atoms with Gasteiger partial charge < -0.3 is 14.7 Å². The molecule has 148 valence electrons. The third-order valence-corrected chi connectivity index (χ3v) is 6.43. The molecule has 7 heteroatoms. The van der Waals surface area contributed by atoms with Crippen molar-refractivity contribution in [2.24, 2.45) is 0 Å². The van der Waals surface area contributed by atoms with Gasteiger partial charge in [0, 0.05) is 68.7 Å². The summed E-state index contributed by atoms with van der Waals surface area (Å²) in [6, 6.07) is 10.6. The lowest BCUT2D eigenvalue weighted by atomic mass is 9.91. The Balaban J connectivity index is 1.14. The standard InChI is InChI=1S/C21H26FN5O/c22-18-7-10-25(14-18)19-3-1-15(2-4-19)17-12-27(13-17)21(28)26-9-6-16(11-26)20-5-8-23-24-20/h1-5,8,16-18H,6-7,9-14H2,(H,23,24)/t16-,18?/m1/s1. The molecule has 3 saturated heterocycles. The number of carbonyl (C=O) groups is 1. The third-order valence-electron chi connectivity index (χ3n) is 6.43. The van der Waals surface area contributed by atoms with E-state index in [2.05, 4.69) is 39.4 Å². The largest absolute Gasteiger partial charge is 0.369 e. The molecular weight excluding hydrogens is 357 g/mol. The van der Waals surface area contributed by atoms with E-state index < -0.39 is 6.17 Å². The van der Waals surface area contributed by atoms with E-state index in [1.54, 1.807) is 6.20 Å². The van der Waals surface area contributed by atoms with Crippen LogP contribution < -0.4 is 4.90 Å². The fourth-order valence-electron chi connectivity index (χ4n) is 4.64. The van der Waals surface area contributed by atoms with Gasteiger partial charge >= 0.3 is 6.03 Å². The van der Waals surface area contributed by atoms with Gasteiger partial charge in [-0.15, -0.1) is 0 Å². The highest BCUT2D eigenvalue weighted by atomic mass is 19.1. The predicted octanol–water partition coefficient (Wildman–Crippen LogP) is 2.97. The number of nitrogens with one attached hydrogen (secondary N) is 1. The fraction of sp³-hybridized carbons (Fsp3) is 0.524. The average molecular weight is 383 g/mol. The van der Waals surface area contributed by atoms with E-state index in [9.17, 15) is 9.18 Å². The van der Waals surface area contributed by atoms with E-state index in [1.807, 2.05) is 15.9 Å². The molecule has 6 nitrogen and oxygen atoms in total. The Morgan fingerprint density at radius 1 is 0.964 bits per heavy atom. The van der Waals surface area contributed by atoms with Crippen LogP contribution in [-0.4, -0.2) is 71.5 Å². The number of rotatable bonds is 3. The molecule has 1 N–H and O–H groups in total. The second kappa shape index (κ2) is 7.11. The maximum Gasteiger partial charge on any atom is 0.320 e. The number of urea groups is 1. The van der Waals surface area contributed by atoms with Crippen LogP contribution >= 0.6 is 0 Å². The van der Waals surface area contributed by atoms with Crippen molar-refractivity contribution in [1.82, 2.24) is 20.0 Å². The number of benzene rings is 1. The normalized spacial score (nSPS) is 25.4. The molecule has 3 aliphatic rings. The van der Waals surface area contributed by atoms with Crippen LogP contribution in [0.2, 0.25) is 0 Å². The molecule has 28 heavy (non-hydrogen) atoms. The van der Waals surface area contributed by atoms with Crippen molar-refractivity contribution >= 4 is 11.7 Å². The summed E-state index contributed by atoms with van der Waals surface area (Å²) < 4.78 is 13.4. The highest BCUT2D eigenvalue weighted by Gasteiger charge is 2.37. The van der Waals surface area contributed by atoms with Crippen molar-refractivity contribution in [2.75, 3.05) is 44.2 Å². The maximum absolute atomic E-state index is 13.4. The molecule has 3 aliphatic heterocycles. The number of aromatic nitrogens is 2. The number of hydrogen-bond donors (Lipinski definition) is 1. The Hall–Kier alpha value is -2.57. The summed E-state index contributed by atoms with van der Waals surface area (Å²) in [4.78, 5) is 18.8. The molecular formula is C21H26FN5O. The number of amides is 2. The van der Waals surface area contributed by atoms with Crippen LogP contribution in [0, 0.1) is 0 Å². The molecule has 4 heterocycles. The summed E-state index contributed by atoms with van der Waals surface area (Å²) in [7, 11) is 0. The first-order chi connectivity index (χ1) is 13.7. The van der Waals surface area contributed by atoms with Gasteiger partial charge in [-0.2, -0.15) is 5.10 Å². The number of nitrogens with zero attached hydrogens (tertiary/aromatic N) is 4. The van der Waals surface area contributed by atoms with E-state index in [0.29, 0.717) is 24.8 Å². The summed E-state index contributed by atoms with van der Waals surface area (Å²) in [5.74, 6) is 0.766. The molecule has 1 aromatic heterocycles. The number of halogens is 1. The SMILES string of the molecule is O=C(N1CC(c2ccc(N3CCC(F)C3)cc2)C1)N1CC[C@@H](c2ccn[nH]2)C1. The number of hydrogen-bond acceptors (Lipinski definition) is 3. The number of alkyl halides is 1. The van der Waals surface area contributed by atoms with Crippen LogP contribution in [0.1, 0.15) is 35.9 Å². The van der Waals surface area contributed by atoms with Gasteiger partial charge in [0.1, 0.15) is 6.17 Å². The molecule has 0 bridgehead atoms. The van der Waals surface area contributed by atoms with Gasteiger partial charge in [-0.05, 0) is 36.6 Å². The average Bonchev–Trinajstić information content (AvgIpc) is 3.42. The molecule has 3 fully saturated rings. The van der Waals surface area contributed by atoms with Crippen LogP contribution in [0.25, 0.3) is 0 Å². The van der Waals surface area contributed by atoms with Gasteiger partial charge in [0.05, 0.1) is 0 Å². The van der Waals surface area contributed by atoms with Crippen LogP contribution in [0.4, 0.5) is 14.9 Å². The minimum atomic E-state index is -0.704. The molecule has 2 aromatic rings. The Kier molecular flexibility index (Phi) is 4.45. The van der Waals surface area contributed by atoms with Crippen molar-refractivity contribution in [3.8, 4) is 0 Å². The zero-order valence-corrected chi connectivity index (χ0v) is 15.9. The summed E-state index contributed by atoms with van der Waals surface area (Å²) in [5, 5.41) is 7.04. The van der Waals surface area contributed by atoms with Crippen LogP contribution in [0.3, 0.4) is 0 Å². The molecule has 5 rings (SSSR count).